The van der Waals surface area contributed by atoms with E-state index in [4.69, 9.17) is 0 Å². The summed E-state index contributed by atoms with van der Waals surface area (Å²) in [6.07, 6.45) is 2.67. The predicted octanol–water partition coefficient (Wildman–Crippen LogP) is 2.14. The molecule has 0 bridgehead atoms. The minimum atomic E-state index is -1.14. The summed E-state index contributed by atoms with van der Waals surface area (Å²) in [5.41, 5.74) is -0.810. The predicted molar refractivity (Wildman–Crippen MR) is 80.0 cm³/mol. The first-order valence-corrected chi connectivity index (χ1v) is 6.98. The zero-order valence-electron chi connectivity index (χ0n) is 12.0. The van der Waals surface area contributed by atoms with Crippen molar-refractivity contribution in [3.63, 3.8) is 0 Å². The topological polar surface area (TPSA) is 92.2 Å². The first kappa shape index (κ1) is 15.0. The van der Waals surface area contributed by atoms with Gasteiger partial charge in [-0.25, -0.2) is 4.79 Å². The van der Waals surface area contributed by atoms with E-state index in [-0.39, 0.29) is 17.1 Å². The molecule has 1 aromatic heterocycles. The number of para-hydroxylation sites is 1. The van der Waals surface area contributed by atoms with Gasteiger partial charge in [0.2, 0.25) is 0 Å². The Labute approximate surface area is 121 Å². The lowest BCUT2D eigenvalue weighted by Gasteiger charge is -2.17. The van der Waals surface area contributed by atoms with Crippen LogP contribution in [0.25, 0.3) is 11.0 Å². The van der Waals surface area contributed by atoms with E-state index in [0.29, 0.717) is 5.52 Å². The van der Waals surface area contributed by atoms with Crippen LogP contribution in [0.3, 0.4) is 0 Å². The maximum absolute atomic E-state index is 12.1. The van der Waals surface area contributed by atoms with Crippen LogP contribution in [-0.4, -0.2) is 20.6 Å². The van der Waals surface area contributed by atoms with Crippen molar-refractivity contribution < 1.29 is 9.90 Å². The molecule has 0 saturated carbocycles. The van der Waals surface area contributed by atoms with Crippen LogP contribution in [0.2, 0.25) is 0 Å². The molecular weight excluding hydrogens is 272 g/mol. The summed E-state index contributed by atoms with van der Waals surface area (Å²) in [7, 11) is 0. The zero-order chi connectivity index (χ0) is 15.6. The lowest BCUT2D eigenvalue weighted by molar-refractivity contribution is 0.0698. The largest absolute Gasteiger partial charge is 0.478 e. The Balaban J connectivity index is 2.77. The number of aromatic amines is 1. The molecule has 0 saturated heterocycles. The number of carboxylic acids is 1. The van der Waals surface area contributed by atoms with Gasteiger partial charge in [-0.05, 0) is 25.5 Å². The van der Waals surface area contributed by atoms with Crippen LogP contribution in [0, 0.1) is 0 Å². The normalized spacial score (nSPS) is 12.5. The van der Waals surface area contributed by atoms with E-state index in [1.165, 1.54) is 10.6 Å². The molecule has 21 heavy (non-hydrogen) atoms. The van der Waals surface area contributed by atoms with Gasteiger partial charge in [0, 0.05) is 6.04 Å². The number of hydrogen-bond acceptors (Lipinski definition) is 3. The summed E-state index contributed by atoms with van der Waals surface area (Å²) in [6.45, 7) is 3.91. The Morgan fingerprint density at radius 1 is 1.38 bits per heavy atom. The summed E-state index contributed by atoms with van der Waals surface area (Å²) in [6, 6.07) is 4.48. The molecule has 2 rings (SSSR count). The monoisotopic (exact) mass is 290 g/mol. The van der Waals surface area contributed by atoms with Gasteiger partial charge in [0.25, 0.3) is 0 Å². The Morgan fingerprint density at radius 3 is 2.71 bits per heavy atom. The summed E-state index contributed by atoms with van der Waals surface area (Å²) >= 11 is 0. The van der Waals surface area contributed by atoms with Crippen LogP contribution >= 0.6 is 0 Å². The average Bonchev–Trinajstić information content (AvgIpc) is 2.45. The van der Waals surface area contributed by atoms with Crippen molar-refractivity contribution in [1.82, 2.24) is 9.55 Å². The summed E-state index contributed by atoms with van der Waals surface area (Å²) in [5, 5.41) is 9.20. The van der Waals surface area contributed by atoms with Crippen molar-refractivity contribution in [2.24, 2.45) is 0 Å². The first-order valence-electron chi connectivity index (χ1n) is 6.98. The van der Waals surface area contributed by atoms with E-state index < -0.39 is 17.1 Å². The number of rotatable bonds is 5. The number of hydrogen-bond donors (Lipinski definition) is 2. The van der Waals surface area contributed by atoms with Gasteiger partial charge < -0.3 is 10.1 Å². The van der Waals surface area contributed by atoms with E-state index >= 15 is 0 Å². The van der Waals surface area contributed by atoms with Crippen molar-refractivity contribution in [1.29, 1.82) is 0 Å². The highest BCUT2D eigenvalue weighted by Gasteiger charge is 2.17. The molecule has 0 radical (unpaired) electrons. The Morgan fingerprint density at radius 2 is 2.10 bits per heavy atom. The van der Waals surface area contributed by atoms with E-state index in [2.05, 4.69) is 4.98 Å². The van der Waals surface area contributed by atoms with E-state index in [9.17, 15) is 19.5 Å². The standard InChI is InChI=1S/C15H18N2O4/c1-3-4-6-9(2)17-11-8-5-7-10(15(20)21)12(11)16-13(18)14(17)19/h5,7-9H,3-4,6H2,1-2H3,(H,16,18)(H,20,21). The first-order chi connectivity index (χ1) is 9.97. The van der Waals surface area contributed by atoms with Gasteiger partial charge in [-0.2, -0.15) is 0 Å². The van der Waals surface area contributed by atoms with Crippen LogP contribution in [-0.2, 0) is 0 Å². The van der Waals surface area contributed by atoms with Gasteiger partial charge in [0.05, 0.1) is 16.6 Å². The van der Waals surface area contributed by atoms with E-state index in [1.54, 1.807) is 12.1 Å². The Hall–Kier alpha value is -2.37. The summed E-state index contributed by atoms with van der Waals surface area (Å²) < 4.78 is 1.40. The van der Waals surface area contributed by atoms with Crippen LogP contribution in [0.4, 0.5) is 0 Å². The van der Waals surface area contributed by atoms with E-state index in [0.717, 1.165) is 19.3 Å². The van der Waals surface area contributed by atoms with Crippen molar-refractivity contribution in [3.05, 3.63) is 44.5 Å². The maximum atomic E-state index is 12.1. The summed E-state index contributed by atoms with van der Waals surface area (Å²) in [5.74, 6) is -1.14. The fourth-order valence-corrected chi connectivity index (χ4v) is 2.50. The maximum Gasteiger partial charge on any atom is 0.337 e. The zero-order valence-corrected chi connectivity index (χ0v) is 12.0. The number of aromatic nitrogens is 2. The number of H-pyrrole nitrogens is 1. The second-order valence-corrected chi connectivity index (χ2v) is 5.13. The second kappa shape index (κ2) is 5.95. The average molecular weight is 290 g/mol. The molecule has 0 aliphatic rings. The molecule has 0 aliphatic heterocycles. The number of nitrogens with zero attached hydrogens (tertiary/aromatic N) is 1. The van der Waals surface area contributed by atoms with Crippen LogP contribution < -0.4 is 11.1 Å². The van der Waals surface area contributed by atoms with Crippen molar-refractivity contribution >= 4 is 17.0 Å². The molecule has 0 amide bonds. The minimum Gasteiger partial charge on any atom is -0.478 e. The smallest absolute Gasteiger partial charge is 0.337 e. The van der Waals surface area contributed by atoms with Gasteiger partial charge in [-0.1, -0.05) is 25.8 Å². The molecule has 112 valence electrons. The molecule has 1 heterocycles. The molecule has 6 nitrogen and oxygen atoms in total. The van der Waals surface area contributed by atoms with Gasteiger partial charge in [-0.3, -0.25) is 14.2 Å². The third kappa shape index (κ3) is 2.74. The number of benzene rings is 1. The van der Waals surface area contributed by atoms with Crippen LogP contribution in [0.5, 0.6) is 0 Å². The molecule has 0 fully saturated rings. The number of unbranched alkanes of at least 4 members (excludes halogenated alkanes) is 1. The number of carbonyl (C=O) groups is 1. The van der Waals surface area contributed by atoms with Crippen molar-refractivity contribution in [2.45, 2.75) is 39.2 Å². The third-order valence-electron chi connectivity index (χ3n) is 3.60. The molecule has 0 spiro atoms. The lowest BCUT2D eigenvalue weighted by Crippen LogP contribution is -2.38. The number of nitrogens with one attached hydrogen (secondary N) is 1. The van der Waals surface area contributed by atoms with Gasteiger partial charge in [0.1, 0.15) is 0 Å². The number of carboxylic acid groups (broad SMARTS) is 1. The van der Waals surface area contributed by atoms with Gasteiger partial charge in [-0.15, -0.1) is 0 Å². The lowest BCUT2D eigenvalue weighted by atomic mass is 10.1. The molecule has 2 aromatic rings. The fraction of sp³-hybridized carbons (Fsp3) is 0.400. The SMILES string of the molecule is CCCCC(C)n1c(=O)c(=O)[nH]c2c(C(=O)O)cccc21. The molecule has 1 unspecified atom stereocenters. The molecular formula is C15H18N2O4. The Bertz CT molecular complexity index is 788. The van der Waals surface area contributed by atoms with Crippen molar-refractivity contribution in [2.75, 3.05) is 0 Å². The van der Waals surface area contributed by atoms with Crippen LogP contribution in [0.15, 0.2) is 27.8 Å². The highest BCUT2D eigenvalue weighted by atomic mass is 16.4. The van der Waals surface area contributed by atoms with E-state index in [1.807, 2.05) is 13.8 Å². The fourth-order valence-electron chi connectivity index (χ4n) is 2.50. The Kier molecular flexibility index (Phi) is 4.26. The van der Waals surface area contributed by atoms with Crippen LogP contribution in [0.1, 0.15) is 49.5 Å². The second-order valence-electron chi connectivity index (χ2n) is 5.13. The minimum absolute atomic E-state index is 0.0129. The number of aromatic carboxylic acids is 1. The van der Waals surface area contributed by atoms with Gasteiger partial charge >= 0.3 is 17.1 Å². The molecule has 1 aromatic carbocycles. The number of fused-ring (bicyclic) bond motifs is 1. The third-order valence-corrected chi connectivity index (χ3v) is 3.60. The quantitative estimate of drug-likeness (QED) is 0.825. The molecule has 0 aliphatic carbocycles. The summed E-state index contributed by atoms with van der Waals surface area (Å²) in [4.78, 5) is 37.6. The highest BCUT2D eigenvalue weighted by Crippen LogP contribution is 2.20. The molecule has 1 atom stereocenters. The highest BCUT2D eigenvalue weighted by molar-refractivity contribution is 6.00. The van der Waals surface area contributed by atoms with Gasteiger partial charge in [0.15, 0.2) is 0 Å². The molecule has 6 heteroatoms. The van der Waals surface area contributed by atoms with Crippen molar-refractivity contribution in [3.8, 4) is 0 Å². The molecule has 2 N–H and O–H groups in total.